The fourth-order valence-electron chi connectivity index (χ4n) is 2.17. The Labute approximate surface area is 87.7 Å². The monoisotopic (exact) mass is 202 g/mol. The second kappa shape index (κ2) is 3.47. The molecule has 1 nitrogen and oxygen atoms in total. The van der Waals surface area contributed by atoms with Crippen molar-refractivity contribution >= 4 is 12.6 Å². The Kier molecular flexibility index (Phi) is 3.04. The number of ether oxygens (including phenoxy) is 1. The standard InChI is InChI=1S/C10H18OS.CH4/c1-9(2)5-8(7-11-9)6-10(12)3-4-10;/h8,12H,3-7H2,1-2H3;1H4. The van der Waals surface area contributed by atoms with E-state index in [0.717, 1.165) is 12.5 Å². The van der Waals surface area contributed by atoms with Gasteiger partial charge in [0.05, 0.1) is 12.2 Å². The van der Waals surface area contributed by atoms with Crippen LogP contribution in [0.4, 0.5) is 0 Å². The average Bonchev–Trinajstić information content (AvgIpc) is 2.53. The number of rotatable bonds is 2. The Balaban J connectivity index is 0.000000845. The minimum atomic E-state index is 0. The van der Waals surface area contributed by atoms with Crippen LogP contribution in [0.3, 0.4) is 0 Å². The molecule has 0 bridgehead atoms. The summed E-state index contributed by atoms with van der Waals surface area (Å²) >= 11 is 4.64. The van der Waals surface area contributed by atoms with Crippen LogP contribution in [0, 0.1) is 5.92 Å². The molecule has 1 aliphatic carbocycles. The Bertz CT molecular complexity index is 185. The van der Waals surface area contributed by atoms with E-state index in [0.29, 0.717) is 4.75 Å². The van der Waals surface area contributed by atoms with Crippen molar-refractivity contribution in [2.45, 2.75) is 57.3 Å². The van der Waals surface area contributed by atoms with Crippen molar-refractivity contribution in [2.24, 2.45) is 5.92 Å². The summed E-state index contributed by atoms with van der Waals surface area (Å²) in [5, 5.41) is 0. The quantitative estimate of drug-likeness (QED) is 0.676. The van der Waals surface area contributed by atoms with Crippen LogP contribution in [0.25, 0.3) is 0 Å². The van der Waals surface area contributed by atoms with Gasteiger partial charge in [0.1, 0.15) is 0 Å². The van der Waals surface area contributed by atoms with Gasteiger partial charge in [-0.3, -0.25) is 0 Å². The summed E-state index contributed by atoms with van der Waals surface area (Å²) in [7, 11) is 0. The van der Waals surface area contributed by atoms with E-state index in [1.165, 1.54) is 25.7 Å². The summed E-state index contributed by atoms with van der Waals surface area (Å²) in [5.74, 6) is 0.764. The molecule has 0 spiro atoms. The van der Waals surface area contributed by atoms with Gasteiger partial charge in [-0.2, -0.15) is 12.6 Å². The molecule has 2 heteroatoms. The molecule has 1 saturated heterocycles. The molecule has 2 rings (SSSR count). The summed E-state index contributed by atoms with van der Waals surface area (Å²) in [6.07, 6.45) is 5.11. The molecule has 2 fully saturated rings. The molecule has 0 aromatic heterocycles. The van der Waals surface area contributed by atoms with Crippen molar-refractivity contribution in [3.8, 4) is 0 Å². The van der Waals surface area contributed by atoms with Crippen molar-refractivity contribution in [3.63, 3.8) is 0 Å². The molecule has 0 aromatic carbocycles. The molecule has 2 aliphatic rings. The number of hydrogen-bond acceptors (Lipinski definition) is 2. The van der Waals surface area contributed by atoms with Crippen molar-refractivity contribution in [1.29, 1.82) is 0 Å². The lowest BCUT2D eigenvalue weighted by molar-refractivity contribution is 0.0348. The molecule has 13 heavy (non-hydrogen) atoms. The van der Waals surface area contributed by atoms with Crippen LogP contribution >= 0.6 is 12.6 Å². The van der Waals surface area contributed by atoms with Crippen LogP contribution in [0.5, 0.6) is 0 Å². The maximum Gasteiger partial charge on any atom is 0.0630 e. The van der Waals surface area contributed by atoms with Gasteiger partial charge in [-0.05, 0) is 45.4 Å². The molecule has 1 heterocycles. The highest BCUT2D eigenvalue weighted by molar-refractivity contribution is 7.82. The van der Waals surface area contributed by atoms with Crippen molar-refractivity contribution in [1.82, 2.24) is 0 Å². The SMILES string of the molecule is C.CC1(C)CC(CC2(S)CC2)CO1. The Morgan fingerprint density at radius 2 is 2.00 bits per heavy atom. The van der Waals surface area contributed by atoms with E-state index in [4.69, 9.17) is 4.74 Å². The van der Waals surface area contributed by atoms with Crippen molar-refractivity contribution in [2.75, 3.05) is 6.61 Å². The largest absolute Gasteiger partial charge is 0.375 e. The number of thiol groups is 1. The Morgan fingerprint density at radius 3 is 2.38 bits per heavy atom. The third-order valence-corrected chi connectivity index (χ3v) is 3.62. The van der Waals surface area contributed by atoms with Gasteiger partial charge in [0.15, 0.2) is 0 Å². The predicted octanol–water partition coefficient (Wildman–Crippen LogP) is 3.29. The van der Waals surface area contributed by atoms with Gasteiger partial charge in [-0.25, -0.2) is 0 Å². The molecule has 0 amide bonds. The van der Waals surface area contributed by atoms with E-state index in [1.54, 1.807) is 0 Å². The van der Waals surface area contributed by atoms with Gasteiger partial charge in [-0.15, -0.1) is 0 Å². The maximum atomic E-state index is 5.69. The maximum absolute atomic E-state index is 5.69. The lowest BCUT2D eigenvalue weighted by atomic mass is 9.93. The Hall–Kier alpha value is 0.310. The first-order chi connectivity index (χ1) is 5.49. The van der Waals surface area contributed by atoms with Crippen molar-refractivity contribution in [3.05, 3.63) is 0 Å². The Morgan fingerprint density at radius 1 is 1.38 bits per heavy atom. The van der Waals surface area contributed by atoms with E-state index in [1.807, 2.05) is 0 Å². The summed E-state index contributed by atoms with van der Waals surface area (Å²) < 4.78 is 6.09. The minimum absolute atomic E-state index is 0. The summed E-state index contributed by atoms with van der Waals surface area (Å²) in [6.45, 7) is 5.32. The van der Waals surface area contributed by atoms with Gasteiger partial charge in [0.25, 0.3) is 0 Å². The zero-order valence-electron chi connectivity index (χ0n) is 7.97. The van der Waals surface area contributed by atoms with Gasteiger partial charge < -0.3 is 4.74 Å². The van der Waals surface area contributed by atoms with Gasteiger partial charge in [-0.1, -0.05) is 7.43 Å². The van der Waals surface area contributed by atoms with Crippen LogP contribution in [0.1, 0.15) is 47.0 Å². The van der Waals surface area contributed by atoms with E-state index < -0.39 is 0 Å². The van der Waals surface area contributed by atoms with Crippen LogP contribution in [-0.4, -0.2) is 17.0 Å². The molecule has 0 N–H and O–H groups in total. The van der Waals surface area contributed by atoms with E-state index in [-0.39, 0.29) is 13.0 Å². The summed E-state index contributed by atoms with van der Waals surface area (Å²) in [6, 6.07) is 0. The normalized spacial score (nSPS) is 33.9. The summed E-state index contributed by atoms with van der Waals surface area (Å²) in [5.41, 5.74) is 0.129. The first-order valence-corrected chi connectivity index (χ1v) is 5.30. The highest BCUT2D eigenvalue weighted by Gasteiger charge is 2.43. The van der Waals surface area contributed by atoms with Crippen LogP contribution in [-0.2, 0) is 4.74 Å². The predicted molar refractivity (Wildman–Crippen MR) is 60.4 cm³/mol. The molecule has 1 unspecified atom stereocenters. The highest BCUT2D eigenvalue weighted by Crippen LogP contribution is 2.49. The summed E-state index contributed by atoms with van der Waals surface area (Å²) in [4.78, 5) is 0. The zero-order valence-corrected chi connectivity index (χ0v) is 8.86. The molecular weight excluding hydrogens is 180 g/mol. The minimum Gasteiger partial charge on any atom is -0.375 e. The van der Waals surface area contributed by atoms with E-state index in [2.05, 4.69) is 26.5 Å². The highest BCUT2D eigenvalue weighted by atomic mass is 32.1. The lowest BCUT2D eigenvalue weighted by Gasteiger charge is -2.16. The average molecular weight is 202 g/mol. The van der Waals surface area contributed by atoms with E-state index in [9.17, 15) is 0 Å². The first kappa shape index (κ1) is 11.4. The molecule has 1 saturated carbocycles. The van der Waals surface area contributed by atoms with E-state index >= 15 is 0 Å². The lowest BCUT2D eigenvalue weighted by Crippen LogP contribution is -2.17. The smallest absolute Gasteiger partial charge is 0.0630 e. The van der Waals surface area contributed by atoms with Gasteiger partial charge in [0, 0.05) is 4.75 Å². The van der Waals surface area contributed by atoms with Crippen LogP contribution < -0.4 is 0 Å². The second-order valence-electron chi connectivity index (χ2n) is 5.07. The van der Waals surface area contributed by atoms with Gasteiger partial charge >= 0.3 is 0 Å². The zero-order chi connectivity index (χ0) is 8.82. The molecule has 1 atom stereocenters. The molecular formula is C11H22OS. The first-order valence-electron chi connectivity index (χ1n) is 4.86. The third kappa shape index (κ3) is 2.88. The van der Waals surface area contributed by atoms with Gasteiger partial charge in [0.2, 0.25) is 0 Å². The molecule has 1 aliphatic heterocycles. The molecule has 0 aromatic rings. The fourth-order valence-corrected chi connectivity index (χ4v) is 2.54. The molecule has 0 radical (unpaired) electrons. The van der Waals surface area contributed by atoms with Crippen LogP contribution in [0.2, 0.25) is 0 Å². The third-order valence-electron chi connectivity index (χ3n) is 2.99. The van der Waals surface area contributed by atoms with Crippen LogP contribution in [0.15, 0.2) is 0 Å². The second-order valence-corrected chi connectivity index (χ2v) is 6.02. The van der Waals surface area contributed by atoms with Crippen molar-refractivity contribution < 1.29 is 4.74 Å². The number of hydrogen-bond donors (Lipinski definition) is 1. The topological polar surface area (TPSA) is 9.23 Å². The fraction of sp³-hybridized carbons (Fsp3) is 1.00. The molecule has 78 valence electrons.